The van der Waals surface area contributed by atoms with Crippen LogP contribution in [-0.2, 0) is 4.74 Å². The minimum Gasteiger partial charge on any atom is -0.373 e. The van der Waals surface area contributed by atoms with Crippen molar-refractivity contribution in [1.82, 2.24) is 0 Å². The molecule has 0 heterocycles. The lowest BCUT2D eigenvalue weighted by Crippen LogP contribution is -1.94. The van der Waals surface area contributed by atoms with E-state index in [0.717, 1.165) is 5.56 Å². The van der Waals surface area contributed by atoms with Crippen molar-refractivity contribution in [2.45, 2.75) is 6.10 Å². The van der Waals surface area contributed by atoms with Crippen LogP contribution in [0, 0.1) is 6.07 Å². The number of rotatable bonds is 1. The van der Waals surface area contributed by atoms with Crippen molar-refractivity contribution < 1.29 is 4.74 Å². The topological polar surface area (TPSA) is 9.23 Å². The van der Waals surface area contributed by atoms with Crippen molar-refractivity contribution in [3.8, 4) is 0 Å². The van der Waals surface area contributed by atoms with Crippen LogP contribution in [0.25, 0.3) is 6.08 Å². The summed E-state index contributed by atoms with van der Waals surface area (Å²) in [5, 5.41) is 0. The molecule has 1 aliphatic rings. The van der Waals surface area contributed by atoms with Gasteiger partial charge >= 0.3 is 0 Å². The zero-order valence-electron chi connectivity index (χ0n) is 6.37. The van der Waals surface area contributed by atoms with Gasteiger partial charge in [-0.1, -0.05) is 30.4 Å². The number of ether oxygens (including phenoxy) is 1. The smallest absolute Gasteiger partial charge is 0.102 e. The van der Waals surface area contributed by atoms with Crippen LogP contribution >= 0.6 is 0 Å². The molecule has 0 saturated carbocycles. The molecule has 0 fully saturated rings. The molecule has 1 nitrogen and oxygen atoms in total. The van der Waals surface area contributed by atoms with Gasteiger partial charge in [0.05, 0.1) is 0 Å². The van der Waals surface area contributed by atoms with E-state index in [1.807, 2.05) is 18.2 Å². The summed E-state index contributed by atoms with van der Waals surface area (Å²) < 4.78 is 5.22. The Labute approximate surface area is 66.3 Å². The Kier molecular flexibility index (Phi) is 1.51. The monoisotopic (exact) mass is 145 g/mol. The molecule has 1 radical (unpaired) electrons. The zero-order chi connectivity index (χ0) is 7.68. The highest BCUT2D eigenvalue weighted by atomic mass is 16.5. The van der Waals surface area contributed by atoms with Crippen LogP contribution in [0.3, 0.4) is 0 Å². The van der Waals surface area contributed by atoms with Crippen molar-refractivity contribution in [2.24, 2.45) is 0 Å². The highest BCUT2D eigenvalue weighted by molar-refractivity contribution is 5.60. The summed E-state index contributed by atoms with van der Waals surface area (Å²) in [5.74, 6) is 0. The highest BCUT2D eigenvalue weighted by Crippen LogP contribution is 2.29. The molecular formula is C10H9O. The molecule has 55 valence electrons. The van der Waals surface area contributed by atoms with Crippen molar-refractivity contribution >= 4 is 6.08 Å². The standard InChI is InChI=1S/C10H9O/c1-11-10-7-6-8-4-2-3-5-9(8)10/h2-4,6-7,10H,1H3. The van der Waals surface area contributed by atoms with Crippen LogP contribution in [0.1, 0.15) is 17.2 Å². The average Bonchev–Trinajstić information content (AvgIpc) is 2.47. The number of methoxy groups -OCH3 is 1. The number of hydrogen-bond donors (Lipinski definition) is 0. The van der Waals surface area contributed by atoms with Gasteiger partial charge in [-0.15, -0.1) is 0 Å². The third kappa shape index (κ3) is 0.976. The van der Waals surface area contributed by atoms with Gasteiger partial charge in [0.25, 0.3) is 0 Å². The van der Waals surface area contributed by atoms with Gasteiger partial charge in [0.2, 0.25) is 0 Å². The summed E-state index contributed by atoms with van der Waals surface area (Å²) in [7, 11) is 1.71. The van der Waals surface area contributed by atoms with Gasteiger partial charge < -0.3 is 4.74 Å². The second-order valence-corrected chi connectivity index (χ2v) is 2.55. The molecule has 0 bridgehead atoms. The van der Waals surface area contributed by atoms with E-state index in [-0.39, 0.29) is 6.10 Å². The van der Waals surface area contributed by atoms with Gasteiger partial charge in [-0.25, -0.2) is 0 Å². The Balaban J connectivity index is 2.46. The average molecular weight is 145 g/mol. The van der Waals surface area contributed by atoms with Gasteiger partial charge in [0.1, 0.15) is 6.10 Å². The molecule has 1 aromatic carbocycles. The van der Waals surface area contributed by atoms with Crippen LogP contribution in [0.2, 0.25) is 0 Å². The van der Waals surface area contributed by atoms with Crippen molar-refractivity contribution in [1.29, 1.82) is 0 Å². The molecule has 1 heteroatoms. The molecule has 0 aliphatic heterocycles. The van der Waals surface area contributed by atoms with Gasteiger partial charge in [-0.3, -0.25) is 0 Å². The van der Waals surface area contributed by atoms with Crippen LogP contribution in [0.5, 0.6) is 0 Å². The normalized spacial score (nSPS) is 20.3. The molecule has 11 heavy (non-hydrogen) atoms. The zero-order valence-corrected chi connectivity index (χ0v) is 6.37. The van der Waals surface area contributed by atoms with E-state index in [4.69, 9.17) is 4.74 Å². The first-order valence-electron chi connectivity index (χ1n) is 3.63. The fraction of sp³-hybridized carbons (Fsp3) is 0.200. The Morgan fingerprint density at radius 1 is 1.55 bits per heavy atom. The lowest BCUT2D eigenvalue weighted by Gasteiger charge is -2.06. The fourth-order valence-electron chi connectivity index (χ4n) is 1.34. The molecule has 2 rings (SSSR count). The number of hydrogen-bond acceptors (Lipinski definition) is 1. The molecule has 1 unspecified atom stereocenters. The molecule has 0 N–H and O–H groups in total. The van der Waals surface area contributed by atoms with Crippen LogP contribution < -0.4 is 0 Å². The quantitative estimate of drug-likeness (QED) is 0.588. The molecule has 0 spiro atoms. The first-order valence-corrected chi connectivity index (χ1v) is 3.63. The van der Waals surface area contributed by atoms with Crippen LogP contribution in [0.4, 0.5) is 0 Å². The van der Waals surface area contributed by atoms with E-state index in [0.29, 0.717) is 0 Å². The lowest BCUT2D eigenvalue weighted by atomic mass is 10.1. The Bertz CT molecular complexity index is 289. The Morgan fingerprint density at radius 3 is 3.27 bits per heavy atom. The minimum atomic E-state index is 0.117. The summed E-state index contributed by atoms with van der Waals surface area (Å²) >= 11 is 0. The van der Waals surface area contributed by atoms with E-state index in [1.165, 1.54) is 5.56 Å². The predicted molar refractivity (Wildman–Crippen MR) is 44.1 cm³/mol. The van der Waals surface area contributed by atoms with Crippen molar-refractivity contribution in [3.05, 3.63) is 41.5 Å². The molecule has 0 aromatic heterocycles. The summed E-state index contributed by atoms with van der Waals surface area (Å²) in [6.07, 6.45) is 4.23. The highest BCUT2D eigenvalue weighted by Gasteiger charge is 2.14. The van der Waals surface area contributed by atoms with Crippen molar-refractivity contribution in [2.75, 3.05) is 7.11 Å². The first kappa shape index (κ1) is 6.62. The summed E-state index contributed by atoms with van der Waals surface area (Å²) in [6, 6.07) is 9.14. The second kappa shape index (κ2) is 2.51. The Morgan fingerprint density at radius 2 is 2.45 bits per heavy atom. The Hall–Kier alpha value is -1.08. The van der Waals surface area contributed by atoms with E-state index in [1.54, 1.807) is 7.11 Å². The molecule has 0 saturated heterocycles. The number of benzene rings is 1. The fourth-order valence-corrected chi connectivity index (χ4v) is 1.34. The van der Waals surface area contributed by atoms with Gasteiger partial charge in [0, 0.05) is 7.11 Å². The summed E-state index contributed by atoms with van der Waals surface area (Å²) in [5.41, 5.74) is 2.37. The maximum atomic E-state index is 5.22. The van der Waals surface area contributed by atoms with Gasteiger partial charge in [0.15, 0.2) is 0 Å². The lowest BCUT2D eigenvalue weighted by molar-refractivity contribution is 0.145. The number of fused-ring (bicyclic) bond motifs is 1. The molecule has 0 amide bonds. The van der Waals surface area contributed by atoms with E-state index >= 15 is 0 Å². The second-order valence-electron chi connectivity index (χ2n) is 2.55. The van der Waals surface area contributed by atoms with Crippen LogP contribution in [0.15, 0.2) is 24.3 Å². The maximum Gasteiger partial charge on any atom is 0.102 e. The van der Waals surface area contributed by atoms with Gasteiger partial charge in [-0.05, 0) is 17.2 Å². The minimum absolute atomic E-state index is 0.117. The van der Waals surface area contributed by atoms with Gasteiger partial charge in [-0.2, -0.15) is 0 Å². The van der Waals surface area contributed by atoms with Crippen molar-refractivity contribution in [3.63, 3.8) is 0 Å². The first-order chi connectivity index (χ1) is 5.42. The molecule has 1 aliphatic carbocycles. The largest absolute Gasteiger partial charge is 0.373 e. The maximum absolute atomic E-state index is 5.22. The van der Waals surface area contributed by atoms with E-state index in [9.17, 15) is 0 Å². The molecule has 1 atom stereocenters. The predicted octanol–water partition coefficient (Wildman–Crippen LogP) is 2.20. The third-order valence-corrected chi connectivity index (χ3v) is 1.91. The SMILES string of the molecule is COC1C=Cc2ccc[c]c21. The summed E-state index contributed by atoms with van der Waals surface area (Å²) in [4.78, 5) is 0. The molecular weight excluding hydrogens is 136 g/mol. The van der Waals surface area contributed by atoms with Crippen LogP contribution in [-0.4, -0.2) is 7.11 Å². The van der Waals surface area contributed by atoms with E-state index < -0.39 is 0 Å². The third-order valence-electron chi connectivity index (χ3n) is 1.91. The molecule has 1 aromatic rings. The summed E-state index contributed by atoms with van der Waals surface area (Å²) in [6.45, 7) is 0. The van der Waals surface area contributed by atoms with E-state index in [2.05, 4.69) is 18.2 Å².